The molecule has 7 heteroatoms. The van der Waals surface area contributed by atoms with Crippen LogP contribution in [0.25, 0.3) is 10.9 Å². The highest BCUT2D eigenvalue weighted by Gasteiger charge is 2.27. The van der Waals surface area contributed by atoms with Crippen molar-refractivity contribution in [2.45, 2.75) is 19.8 Å². The molecule has 0 spiro atoms. The van der Waals surface area contributed by atoms with Crippen molar-refractivity contribution in [2.75, 3.05) is 23.3 Å². The number of piperidine rings is 1. The lowest BCUT2D eigenvalue weighted by molar-refractivity contribution is -0.120. The summed E-state index contributed by atoms with van der Waals surface area (Å²) < 4.78 is 0. The van der Waals surface area contributed by atoms with Crippen LogP contribution >= 0.6 is 11.3 Å². The van der Waals surface area contributed by atoms with Crippen molar-refractivity contribution >= 4 is 39.0 Å². The Bertz CT molecular complexity index is 896. The number of amides is 1. The highest BCUT2D eigenvalue weighted by atomic mass is 32.1. The first-order chi connectivity index (χ1) is 12.2. The maximum absolute atomic E-state index is 12.5. The molecule has 3 heterocycles. The van der Waals surface area contributed by atoms with Crippen molar-refractivity contribution in [1.29, 1.82) is 0 Å². The van der Waals surface area contributed by atoms with Crippen LogP contribution in [0.1, 0.15) is 18.4 Å². The van der Waals surface area contributed by atoms with Gasteiger partial charge >= 0.3 is 0 Å². The van der Waals surface area contributed by atoms with Crippen molar-refractivity contribution in [1.82, 2.24) is 15.2 Å². The maximum atomic E-state index is 12.5. The quantitative estimate of drug-likeness (QED) is 0.783. The minimum absolute atomic E-state index is 0.0241. The molecule has 3 aromatic rings. The van der Waals surface area contributed by atoms with E-state index < -0.39 is 0 Å². The number of hydrogen-bond donors (Lipinski definition) is 1. The Morgan fingerprint density at radius 1 is 1.36 bits per heavy atom. The summed E-state index contributed by atoms with van der Waals surface area (Å²) in [5, 5.41) is 12.2. The summed E-state index contributed by atoms with van der Waals surface area (Å²) >= 11 is 1.34. The third kappa shape index (κ3) is 3.32. The molecule has 0 aliphatic carbocycles. The van der Waals surface area contributed by atoms with Gasteiger partial charge in [-0.25, -0.2) is 0 Å². The third-order valence-corrected chi connectivity index (χ3v) is 5.20. The highest BCUT2D eigenvalue weighted by molar-refractivity contribution is 7.13. The molecule has 1 unspecified atom stereocenters. The molecule has 1 N–H and O–H groups in total. The number of nitrogens with zero attached hydrogens (tertiary/aromatic N) is 4. The minimum Gasteiger partial charge on any atom is -0.370 e. The second-order valence-electron chi connectivity index (χ2n) is 6.37. The van der Waals surface area contributed by atoms with E-state index in [0.717, 1.165) is 36.0 Å². The first-order valence-corrected chi connectivity index (χ1v) is 9.26. The van der Waals surface area contributed by atoms with Gasteiger partial charge in [-0.15, -0.1) is 10.2 Å². The normalized spacial score (nSPS) is 17.6. The summed E-state index contributed by atoms with van der Waals surface area (Å²) in [6, 6.07) is 8.35. The van der Waals surface area contributed by atoms with Crippen LogP contribution in [-0.4, -0.2) is 34.2 Å². The van der Waals surface area contributed by atoms with E-state index >= 15 is 0 Å². The number of benzene rings is 1. The summed E-state index contributed by atoms with van der Waals surface area (Å²) in [6.45, 7) is 3.75. The van der Waals surface area contributed by atoms with Crippen molar-refractivity contribution in [2.24, 2.45) is 5.92 Å². The molecule has 0 saturated carbocycles. The Balaban J connectivity index is 1.57. The van der Waals surface area contributed by atoms with E-state index in [9.17, 15) is 4.79 Å². The van der Waals surface area contributed by atoms with Gasteiger partial charge in [0.05, 0.1) is 11.4 Å². The first kappa shape index (κ1) is 16.0. The lowest BCUT2D eigenvalue weighted by atomic mass is 9.96. The minimum atomic E-state index is -0.0503. The van der Waals surface area contributed by atoms with E-state index in [1.54, 1.807) is 5.51 Å². The topological polar surface area (TPSA) is 71.0 Å². The molecular formula is C18H19N5OS. The smallest absolute Gasteiger partial charge is 0.231 e. The van der Waals surface area contributed by atoms with Crippen LogP contribution in [0.2, 0.25) is 0 Å². The van der Waals surface area contributed by atoms with Gasteiger partial charge in [-0.1, -0.05) is 23.0 Å². The van der Waals surface area contributed by atoms with Crippen molar-refractivity contribution in [3.63, 3.8) is 0 Å². The molecule has 1 atom stereocenters. The van der Waals surface area contributed by atoms with Crippen LogP contribution < -0.4 is 10.2 Å². The van der Waals surface area contributed by atoms with Gasteiger partial charge in [0.15, 0.2) is 0 Å². The summed E-state index contributed by atoms with van der Waals surface area (Å²) in [4.78, 5) is 19.3. The van der Waals surface area contributed by atoms with Crippen LogP contribution in [0.5, 0.6) is 0 Å². The Morgan fingerprint density at radius 3 is 3.12 bits per heavy atom. The number of nitrogens with one attached hydrogen (secondary N) is 1. The lowest BCUT2D eigenvalue weighted by Gasteiger charge is -2.34. The maximum Gasteiger partial charge on any atom is 0.231 e. The molecule has 2 aromatic heterocycles. The fourth-order valence-corrected chi connectivity index (χ4v) is 3.81. The van der Waals surface area contributed by atoms with E-state index in [-0.39, 0.29) is 11.8 Å². The summed E-state index contributed by atoms with van der Waals surface area (Å²) in [5.41, 5.74) is 4.98. The van der Waals surface area contributed by atoms with Crippen LogP contribution in [0.3, 0.4) is 0 Å². The second kappa shape index (κ2) is 6.76. The number of anilines is 2. The monoisotopic (exact) mass is 353 g/mol. The molecule has 1 amide bonds. The molecule has 25 heavy (non-hydrogen) atoms. The summed E-state index contributed by atoms with van der Waals surface area (Å²) in [6.07, 6.45) is 3.73. The number of carbonyl (C=O) groups excluding carboxylic acids is 1. The van der Waals surface area contributed by atoms with E-state index in [4.69, 9.17) is 0 Å². The van der Waals surface area contributed by atoms with E-state index in [0.29, 0.717) is 11.7 Å². The highest BCUT2D eigenvalue weighted by Crippen LogP contribution is 2.30. The number of carbonyl (C=O) groups is 1. The SMILES string of the molecule is Cc1ccc2nccc(N3CCCC(C(=O)Nc4nncs4)C3)c2c1. The third-order valence-electron chi connectivity index (χ3n) is 4.60. The van der Waals surface area contributed by atoms with Crippen LogP contribution in [0.4, 0.5) is 10.8 Å². The van der Waals surface area contributed by atoms with Crippen molar-refractivity contribution in [3.8, 4) is 0 Å². The fourth-order valence-electron chi connectivity index (χ4n) is 3.37. The number of hydrogen-bond acceptors (Lipinski definition) is 6. The molecular weight excluding hydrogens is 334 g/mol. The van der Waals surface area contributed by atoms with E-state index in [2.05, 4.69) is 50.5 Å². The zero-order valence-electron chi connectivity index (χ0n) is 14.0. The standard InChI is InChI=1S/C18H19N5OS/c1-12-4-5-15-14(9-12)16(6-7-19-15)23-8-2-3-13(10-23)17(24)21-18-22-20-11-25-18/h4-7,9,11,13H,2-3,8,10H2,1H3,(H,21,22,24). The number of pyridine rings is 1. The van der Waals surface area contributed by atoms with Gasteiger partial charge in [0.25, 0.3) is 0 Å². The van der Waals surface area contributed by atoms with Crippen molar-refractivity contribution < 1.29 is 4.79 Å². The van der Waals surface area contributed by atoms with Gasteiger partial charge in [0.1, 0.15) is 5.51 Å². The number of aryl methyl sites for hydroxylation is 1. The fraction of sp³-hybridized carbons (Fsp3) is 0.333. The van der Waals surface area contributed by atoms with Crippen molar-refractivity contribution in [3.05, 3.63) is 41.5 Å². The van der Waals surface area contributed by atoms with Gasteiger partial charge in [-0.3, -0.25) is 9.78 Å². The molecule has 1 aromatic carbocycles. The second-order valence-corrected chi connectivity index (χ2v) is 7.20. The number of aromatic nitrogens is 3. The molecule has 4 rings (SSSR count). The average molecular weight is 353 g/mol. The Hall–Kier alpha value is -2.54. The van der Waals surface area contributed by atoms with Gasteiger partial charge in [-0.05, 0) is 38.0 Å². The zero-order chi connectivity index (χ0) is 17.2. The van der Waals surface area contributed by atoms with Crippen LogP contribution in [0, 0.1) is 12.8 Å². The molecule has 1 fully saturated rings. The van der Waals surface area contributed by atoms with Gasteiger partial charge in [-0.2, -0.15) is 0 Å². The summed E-state index contributed by atoms with van der Waals surface area (Å²) in [5.74, 6) is -0.0262. The average Bonchev–Trinajstić information content (AvgIpc) is 3.14. The number of fused-ring (bicyclic) bond motifs is 1. The van der Waals surface area contributed by atoms with E-state index in [1.165, 1.54) is 16.9 Å². The Labute approximate surface area is 149 Å². The molecule has 1 aliphatic rings. The number of rotatable bonds is 3. The molecule has 6 nitrogen and oxygen atoms in total. The summed E-state index contributed by atoms with van der Waals surface area (Å²) in [7, 11) is 0. The van der Waals surface area contributed by atoms with Crippen LogP contribution in [0.15, 0.2) is 36.0 Å². The lowest BCUT2D eigenvalue weighted by Crippen LogP contribution is -2.40. The van der Waals surface area contributed by atoms with E-state index in [1.807, 2.05) is 12.3 Å². The molecule has 0 bridgehead atoms. The van der Waals surface area contributed by atoms with Gasteiger partial charge < -0.3 is 10.2 Å². The van der Waals surface area contributed by atoms with Gasteiger partial charge in [0.2, 0.25) is 11.0 Å². The molecule has 128 valence electrons. The Kier molecular flexibility index (Phi) is 4.31. The molecule has 0 radical (unpaired) electrons. The zero-order valence-corrected chi connectivity index (χ0v) is 14.8. The molecule has 1 saturated heterocycles. The van der Waals surface area contributed by atoms with Crippen LogP contribution in [-0.2, 0) is 4.79 Å². The van der Waals surface area contributed by atoms with Gasteiger partial charge in [0, 0.05) is 30.4 Å². The first-order valence-electron chi connectivity index (χ1n) is 8.38. The largest absolute Gasteiger partial charge is 0.370 e. The Morgan fingerprint density at radius 2 is 2.28 bits per heavy atom. The molecule has 1 aliphatic heterocycles. The predicted octanol–water partition coefficient (Wildman–Crippen LogP) is 3.25. The predicted molar refractivity (Wildman–Crippen MR) is 100.0 cm³/mol.